The number of carbonyl (C=O) groups excluding carboxylic acids is 1. The Morgan fingerprint density at radius 3 is 2.71 bits per heavy atom. The molecule has 3 aliphatic heterocycles. The average molecular weight is 397 g/mol. The van der Waals surface area contributed by atoms with E-state index in [1.54, 1.807) is 11.8 Å². The van der Waals surface area contributed by atoms with Crippen molar-refractivity contribution < 1.29 is 9.53 Å². The molecule has 1 aromatic carbocycles. The molecule has 1 saturated carbocycles. The van der Waals surface area contributed by atoms with Gasteiger partial charge in [0.15, 0.2) is 5.17 Å². The van der Waals surface area contributed by atoms with Crippen molar-refractivity contribution in [1.29, 1.82) is 0 Å². The normalized spacial score (nSPS) is 26.5. The van der Waals surface area contributed by atoms with Gasteiger partial charge in [-0.3, -0.25) is 4.79 Å². The van der Waals surface area contributed by atoms with Gasteiger partial charge in [0.05, 0.1) is 17.1 Å². The number of amides is 1. The molecule has 1 aromatic rings. The van der Waals surface area contributed by atoms with Crippen molar-refractivity contribution in [3.63, 3.8) is 0 Å². The van der Waals surface area contributed by atoms with E-state index in [-0.39, 0.29) is 11.5 Å². The van der Waals surface area contributed by atoms with Crippen LogP contribution >= 0.6 is 11.8 Å². The van der Waals surface area contributed by atoms with Crippen molar-refractivity contribution in [2.24, 2.45) is 10.9 Å². The molecule has 1 spiro atoms. The van der Waals surface area contributed by atoms with E-state index in [0.717, 1.165) is 42.6 Å². The van der Waals surface area contributed by atoms with Gasteiger partial charge in [-0.15, -0.1) is 0 Å². The van der Waals surface area contributed by atoms with Gasteiger partial charge in [-0.1, -0.05) is 49.1 Å². The Balaban J connectivity index is 1.28. The number of rotatable bonds is 1. The fraction of sp³-hybridized carbons (Fsp3) is 0.565. The van der Waals surface area contributed by atoms with Gasteiger partial charge in [-0.25, -0.2) is 0 Å². The van der Waals surface area contributed by atoms with Crippen LogP contribution in [0.5, 0.6) is 0 Å². The highest BCUT2D eigenvalue weighted by Crippen LogP contribution is 2.45. The van der Waals surface area contributed by atoms with Crippen molar-refractivity contribution in [1.82, 2.24) is 4.90 Å². The molecule has 0 radical (unpaired) electrons. The summed E-state index contributed by atoms with van der Waals surface area (Å²) in [6.45, 7) is 4.66. The van der Waals surface area contributed by atoms with Gasteiger partial charge in [-0.05, 0) is 61.4 Å². The predicted octanol–water partition coefficient (Wildman–Crippen LogP) is 4.99. The van der Waals surface area contributed by atoms with Gasteiger partial charge >= 0.3 is 0 Å². The first-order chi connectivity index (χ1) is 13.7. The quantitative estimate of drug-likeness (QED) is 0.627. The fourth-order valence-electron chi connectivity index (χ4n) is 5.26. The Morgan fingerprint density at radius 2 is 1.93 bits per heavy atom. The van der Waals surface area contributed by atoms with Gasteiger partial charge in [0, 0.05) is 13.1 Å². The number of nitrogens with zero attached hydrogens (tertiary/aromatic N) is 2. The predicted molar refractivity (Wildman–Crippen MR) is 113 cm³/mol. The third-order valence-electron chi connectivity index (χ3n) is 7.01. The van der Waals surface area contributed by atoms with Gasteiger partial charge in [0.1, 0.15) is 0 Å². The molecule has 1 aliphatic carbocycles. The number of likely N-dealkylation sites (tertiary alicyclic amines) is 1. The number of carbonyl (C=O) groups is 1. The zero-order chi connectivity index (χ0) is 19.1. The summed E-state index contributed by atoms with van der Waals surface area (Å²) < 4.78 is 6.27. The van der Waals surface area contributed by atoms with Crippen LogP contribution in [0.4, 0.5) is 0 Å². The lowest BCUT2D eigenvalue weighted by Gasteiger charge is -2.39. The third-order valence-corrected chi connectivity index (χ3v) is 8.25. The summed E-state index contributed by atoms with van der Waals surface area (Å²) in [6, 6.07) is 8.60. The van der Waals surface area contributed by atoms with E-state index in [0.29, 0.717) is 5.92 Å². The summed E-state index contributed by atoms with van der Waals surface area (Å²) in [5, 5.41) is 0.899. The van der Waals surface area contributed by atoms with Crippen molar-refractivity contribution in [3.8, 4) is 0 Å². The second-order valence-corrected chi connectivity index (χ2v) is 9.55. The second-order valence-electron chi connectivity index (χ2n) is 8.58. The Hall–Kier alpha value is -1.59. The van der Waals surface area contributed by atoms with Gasteiger partial charge in [-0.2, -0.15) is 4.99 Å². The largest absolute Gasteiger partial charge is 0.365 e. The van der Waals surface area contributed by atoms with Crippen LogP contribution < -0.4 is 0 Å². The average Bonchev–Trinajstić information content (AvgIpc) is 3.30. The van der Waals surface area contributed by atoms with Crippen molar-refractivity contribution >= 4 is 22.8 Å². The summed E-state index contributed by atoms with van der Waals surface area (Å²) in [6.07, 6.45) is 8.28. The number of aliphatic imine (C=N–C) groups is 1. The summed E-state index contributed by atoms with van der Waals surface area (Å²) in [5.74, 6) is 0.550. The number of benzene rings is 1. The van der Waals surface area contributed by atoms with E-state index in [2.05, 4.69) is 41.1 Å². The van der Waals surface area contributed by atoms with Crippen LogP contribution in [-0.4, -0.2) is 29.1 Å². The van der Waals surface area contributed by atoms with Crippen LogP contribution in [0, 0.1) is 5.92 Å². The maximum Gasteiger partial charge on any atom is 0.286 e. The van der Waals surface area contributed by atoms with E-state index in [4.69, 9.17) is 4.74 Å². The first kappa shape index (κ1) is 18.4. The summed E-state index contributed by atoms with van der Waals surface area (Å²) in [4.78, 5) is 20.2. The Labute approximate surface area is 171 Å². The molecule has 1 saturated heterocycles. The lowest BCUT2D eigenvalue weighted by Crippen LogP contribution is -2.44. The zero-order valence-electron chi connectivity index (χ0n) is 16.6. The number of hydrogen-bond acceptors (Lipinski definition) is 4. The molecule has 5 rings (SSSR count). The molecule has 1 amide bonds. The van der Waals surface area contributed by atoms with Crippen LogP contribution in [0.25, 0.3) is 0 Å². The van der Waals surface area contributed by atoms with Gasteiger partial charge in [0.2, 0.25) is 0 Å². The lowest BCUT2D eigenvalue weighted by atomic mass is 9.84. The second kappa shape index (κ2) is 7.34. The molecule has 148 valence electrons. The lowest BCUT2D eigenvalue weighted by molar-refractivity contribution is -0.113. The van der Waals surface area contributed by atoms with Gasteiger partial charge < -0.3 is 9.64 Å². The summed E-state index contributed by atoms with van der Waals surface area (Å²) in [5.41, 5.74) is 3.82. The number of thioether (sulfide) groups is 1. The van der Waals surface area contributed by atoms with Crippen molar-refractivity contribution in [3.05, 3.63) is 45.9 Å². The fourth-order valence-corrected chi connectivity index (χ4v) is 6.34. The molecule has 4 aliphatic rings. The van der Waals surface area contributed by atoms with Crippen LogP contribution in [0.3, 0.4) is 0 Å². The Bertz CT molecular complexity index is 846. The molecule has 0 atom stereocenters. The molecule has 5 heteroatoms. The van der Waals surface area contributed by atoms with E-state index in [9.17, 15) is 4.79 Å². The highest BCUT2D eigenvalue weighted by atomic mass is 32.2. The van der Waals surface area contributed by atoms with E-state index < -0.39 is 0 Å². The third kappa shape index (κ3) is 3.13. The van der Waals surface area contributed by atoms with Crippen LogP contribution in [0.2, 0.25) is 0 Å². The molecule has 0 N–H and O–H groups in total. The molecule has 28 heavy (non-hydrogen) atoms. The van der Waals surface area contributed by atoms with Crippen LogP contribution in [-0.2, 0) is 21.7 Å². The smallest absolute Gasteiger partial charge is 0.286 e. The SMILES string of the molecule is C/C(=C1/SC(N2CCC3(CC2)OCc2ccccc23)=NC1=O)C1CCCCC1. The number of hydrogen-bond donors (Lipinski definition) is 0. The molecule has 0 bridgehead atoms. The van der Waals surface area contributed by atoms with Crippen molar-refractivity contribution in [2.45, 2.75) is 64.1 Å². The number of allylic oxidation sites excluding steroid dienone is 1. The monoisotopic (exact) mass is 396 g/mol. The van der Waals surface area contributed by atoms with E-state index in [1.807, 2.05) is 0 Å². The van der Waals surface area contributed by atoms with E-state index >= 15 is 0 Å². The van der Waals surface area contributed by atoms with Crippen LogP contribution in [0.15, 0.2) is 39.7 Å². The Morgan fingerprint density at radius 1 is 1.18 bits per heavy atom. The first-order valence-electron chi connectivity index (χ1n) is 10.7. The molecule has 0 unspecified atom stereocenters. The molecule has 0 aromatic heterocycles. The molecular weight excluding hydrogens is 368 g/mol. The number of ether oxygens (including phenoxy) is 1. The first-order valence-corrected chi connectivity index (χ1v) is 11.5. The minimum absolute atomic E-state index is 0.0224. The number of fused-ring (bicyclic) bond motifs is 2. The highest BCUT2D eigenvalue weighted by Gasteiger charge is 2.43. The zero-order valence-corrected chi connectivity index (χ0v) is 17.4. The van der Waals surface area contributed by atoms with Crippen molar-refractivity contribution in [2.75, 3.05) is 13.1 Å². The summed E-state index contributed by atoms with van der Waals surface area (Å²) in [7, 11) is 0. The topological polar surface area (TPSA) is 41.9 Å². The Kier molecular flexibility index (Phi) is 4.84. The minimum Gasteiger partial charge on any atom is -0.365 e. The highest BCUT2D eigenvalue weighted by molar-refractivity contribution is 8.18. The van der Waals surface area contributed by atoms with Crippen LogP contribution in [0.1, 0.15) is 63.0 Å². The molecule has 4 nitrogen and oxygen atoms in total. The standard InChI is InChI=1S/C23H28N2O2S/c1-16(17-7-3-2-4-8-17)20-21(26)24-22(28-20)25-13-11-23(12-14-25)19-10-6-5-9-18(19)15-27-23/h5-6,9-10,17H,2-4,7-8,11-15H2,1H3/b20-16-. The molecular formula is C23H28N2O2S. The number of amidine groups is 1. The van der Waals surface area contributed by atoms with Gasteiger partial charge in [0.25, 0.3) is 5.91 Å². The molecule has 2 fully saturated rings. The maximum absolute atomic E-state index is 12.6. The number of piperidine rings is 1. The maximum atomic E-state index is 12.6. The summed E-state index contributed by atoms with van der Waals surface area (Å²) >= 11 is 1.61. The minimum atomic E-state index is -0.141. The van der Waals surface area contributed by atoms with E-state index in [1.165, 1.54) is 48.8 Å². The molecule has 3 heterocycles.